The molecule has 0 aliphatic carbocycles. The van der Waals surface area contributed by atoms with Crippen molar-refractivity contribution in [1.82, 2.24) is 10.3 Å². The van der Waals surface area contributed by atoms with Gasteiger partial charge in [0, 0.05) is 23.6 Å². The summed E-state index contributed by atoms with van der Waals surface area (Å²) in [6, 6.07) is 8.06. The van der Waals surface area contributed by atoms with E-state index in [-0.39, 0.29) is 0 Å². The molecule has 0 bridgehead atoms. The van der Waals surface area contributed by atoms with Crippen molar-refractivity contribution in [2.45, 2.75) is 19.8 Å². The van der Waals surface area contributed by atoms with Gasteiger partial charge in [0.1, 0.15) is 5.92 Å². The van der Waals surface area contributed by atoms with Gasteiger partial charge in [-0.1, -0.05) is 18.2 Å². The summed E-state index contributed by atoms with van der Waals surface area (Å²) in [5, 5.41) is 12.5. The third-order valence-corrected chi connectivity index (χ3v) is 3.36. The summed E-state index contributed by atoms with van der Waals surface area (Å²) >= 11 is 0. The van der Waals surface area contributed by atoms with E-state index in [2.05, 4.69) is 16.4 Å². The van der Waals surface area contributed by atoms with Crippen molar-refractivity contribution in [2.24, 2.45) is 5.92 Å². The van der Waals surface area contributed by atoms with Crippen molar-refractivity contribution >= 4 is 22.8 Å². The highest BCUT2D eigenvalue weighted by atomic mass is 16.4. The molecule has 1 aromatic heterocycles. The Morgan fingerprint density at radius 3 is 2.85 bits per heavy atom. The molecule has 0 saturated heterocycles. The highest BCUT2D eigenvalue weighted by molar-refractivity contribution is 5.96. The summed E-state index contributed by atoms with van der Waals surface area (Å²) in [4.78, 5) is 25.3. The summed E-state index contributed by atoms with van der Waals surface area (Å²) in [5.74, 6) is -2.53. The molecular weight excluding hydrogens is 256 g/mol. The molecular formula is C15H18N2O3. The van der Waals surface area contributed by atoms with E-state index in [4.69, 9.17) is 5.11 Å². The number of carbonyl (C=O) groups is 2. The van der Waals surface area contributed by atoms with E-state index in [0.717, 1.165) is 18.4 Å². The second-order valence-corrected chi connectivity index (χ2v) is 4.81. The largest absolute Gasteiger partial charge is 0.481 e. The van der Waals surface area contributed by atoms with Crippen molar-refractivity contribution in [3.05, 3.63) is 36.0 Å². The van der Waals surface area contributed by atoms with Crippen molar-refractivity contribution in [3.8, 4) is 0 Å². The lowest BCUT2D eigenvalue weighted by Gasteiger charge is -2.07. The number of aliphatic carboxylic acids is 1. The maximum atomic E-state index is 11.5. The Morgan fingerprint density at radius 2 is 2.10 bits per heavy atom. The van der Waals surface area contributed by atoms with Crippen LogP contribution in [0.1, 0.15) is 18.9 Å². The minimum Gasteiger partial charge on any atom is -0.481 e. The zero-order valence-corrected chi connectivity index (χ0v) is 11.3. The average Bonchev–Trinajstić information content (AvgIpc) is 2.85. The lowest BCUT2D eigenvalue weighted by atomic mass is 10.1. The lowest BCUT2D eigenvalue weighted by molar-refractivity contribution is -0.146. The molecule has 5 nitrogen and oxygen atoms in total. The van der Waals surface area contributed by atoms with E-state index >= 15 is 0 Å². The molecule has 0 fully saturated rings. The number of rotatable bonds is 6. The van der Waals surface area contributed by atoms with Crippen LogP contribution in [0.15, 0.2) is 30.5 Å². The monoisotopic (exact) mass is 274 g/mol. The second-order valence-electron chi connectivity index (χ2n) is 4.81. The molecule has 0 radical (unpaired) electrons. The number of aromatic amines is 1. The fraction of sp³-hybridized carbons (Fsp3) is 0.333. The Morgan fingerprint density at radius 1 is 1.35 bits per heavy atom. The number of carboxylic acids is 1. The van der Waals surface area contributed by atoms with E-state index in [0.29, 0.717) is 6.54 Å². The maximum Gasteiger partial charge on any atom is 0.315 e. The van der Waals surface area contributed by atoms with Gasteiger partial charge >= 0.3 is 5.97 Å². The quantitative estimate of drug-likeness (QED) is 0.556. The SMILES string of the molecule is CC(C(=O)O)C(=O)NCCCc1c[nH]c2ccccc12. The van der Waals surface area contributed by atoms with Crippen molar-refractivity contribution < 1.29 is 14.7 Å². The van der Waals surface area contributed by atoms with Crippen molar-refractivity contribution in [1.29, 1.82) is 0 Å². The van der Waals surface area contributed by atoms with E-state index in [1.165, 1.54) is 17.9 Å². The van der Waals surface area contributed by atoms with Crippen molar-refractivity contribution in [3.63, 3.8) is 0 Å². The number of fused-ring (bicyclic) bond motifs is 1. The first-order chi connectivity index (χ1) is 9.59. The van der Waals surface area contributed by atoms with Gasteiger partial charge in [-0.15, -0.1) is 0 Å². The van der Waals surface area contributed by atoms with Crippen LogP contribution in [-0.2, 0) is 16.0 Å². The molecule has 0 saturated carbocycles. The second kappa shape index (κ2) is 6.23. The number of aromatic nitrogens is 1. The highest BCUT2D eigenvalue weighted by Gasteiger charge is 2.19. The van der Waals surface area contributed by atoms with Gasteiger partial charge in [0.2, 0.25) is 5.91 Å². The highest BCUT2D eigenvalue weighted by Crippen LogP contribution is 2.18. The summed E-state index contributed by atoms with van der Waals surface area (Å²) in [6.07, 6.45) is 3.60. The fourth-order valence-corrected chi connectivity index (χ4v) is 2.09. The fourth-order valence-electron chi connectivity index (χ4n) is 2.09. The Labute approximate surface area is 117 Å². The van der Waals surface area contributed by atoms with Crippen molar-refractivity contribution in [2.75, 3.05) is 6.54 Å². The molecule has 20 heavy (non-hydrogen) atoms. The summed E-state index contributed by atoms with van der Waals surface area (Å²) in [7, 11) is 0. The third kappa shape index (κ3) is 3.17. The molecule has 0 aliphatic rings. The minimum absolute atomic E-state index is 0.434. The third-order valence-electron chi connectivity index (χ3n) is 3.36. The Kier molecular flexibility index (Phi) is 4.40. The molecule has 2 aromatic rings. The summed E-state index contributed by atoms with van der Waals surface area (Å²) < 4.78 is 0. The minimum atomic E-state index is -1.10. The zero-order chi connectivity index (χ0) is 14.5. The zero-order valence-electron chi connectivity index (χ0n) is 11.3. The predicted molar refractivity (Wildman–Crippen MR) is 76.4 cm³/mol. The molecule has 1 heterocycles. The predicted octanol–water partition coefficient (Wildman–Crippen LogP) is 1.94. The Hall–Kier alpha value is -2.30. The normalized spacial score (nSPS) is 12.2. The number of hydrogen-bond donors (Lipinski definition) is 3. The summed E-state index contributed by atoms with van der Waals surface area (Å²) in [5.41, 5.74) is 2.31. The van der Waals surface area contributed by atoms with E-state index < -0.39 is 17.8 Å². The standard InChI is InChI=1S/C15H18N2O3/c1-10(15(19)20)14(18)16-8-4-5-11-9-17-13-7-3-2-6-12(11)13/h2-3,6-7,9-10,17H,4-5,8H2,1H3,(H,16,18)(H,19,20). The first kappa shape index (κ1) is 14.1. The van der Waals surface area contributed by atoms with Gasteiger partial charge in [-0.3, -0.25) is 9.59 Å². The van der Waals surface area contributed by atoms with Gasteiger partial charge in [-0.05, 0) is 31.4 Å². The molecule has 1 atom stereocenters. The van der Waals surface area contributed by atoms with Gasteiger partial charge in [0.05, 0.1) is 0 Å². The Balaban J connectivity index is 1.82. The smallest absolute Gasteiger partial charge is 0.315 e. The van der Waals surface area contributed by atoms with Crippen LogP contribution in [0, 0.1) is 5.92 Å². The molecule has 1 aromatic carbocycles. The van der Waals surface area contributed by atoms with Gasteiger partial charge in [0.25, 0.3) is 0 Å². The molecule has 0 spiro atoms. The lowest BCUT2D eigenvalue weighted by Crippen LogP contribution is -2.34. The first-order valence-corrected chi connectivity index (χ1v) is 6.65. The average molecular weight is 274 g/mol. The number of benzene rings is 1. The Bertz CT molecular complexity index is 618. The number of H-pyrrole nitrogens is 1. The van der Waals surface area contributed by atoms with E-state index in [1.54, 1.807) is 0 Å². The number of carboxylic acid groups (broad SMARTS) is 1. The van der Waals surface area contributed by atoms with Crippen LogP contribution < -0.4 is 5.32 Å². The molecule has 3 N–H and O–H groups in total. The molecule has 5 heteroatoms. The van der Waals surface area contributed by atoms with Crippen LogP contribution in [-0.4, -0.2) is 28.5 Å². The number of carbonyl (C=O) groups excluding carboxylic acids is 1. The van der Waals surface area contributed by atoms with Crippen LogP contribution in [0.2, 0.25) is 0 Å². The molecule has 1 amide bonds. The number of aryl methyl sites for hydroxylation is 1. The molecule has 0 aliphatic heterocycles. The van der Waals surface area contributed by atoms with Crippen LogP contribution in [0.5, 0.6) is 0 Å². The number of hydrogen-bond acceptors (Lipinski definition) is 2. The summed E-state index contributed by atoms with van der Waals surface area (Å²) in [6.45, 7) is 1.87. The van der Waals surface area contributed by atoms with Gasteiger partial charge < -0.3 is 15.4 Å². The number of para-hydroxylation sites is 1. The van der Waals surface area contributed by atoms with Crippen LogP contribution in [0.3, 0.4) is 0 Å². The van der Waals surface area contributed by atoms with Gasteiger partial charge in [0.15, 0.2) is 0 Å². The first-order valence-electron chi connectivity index (χ1n) is 6.65. The number of nitrogens with one attached hydrogen (secondary N) is 2. The van der Waals surface area contributed by atoms with E-state index in [1.807, 2.05) is 24.4 Å². The van der Waals surface area contributed by atoms with E-state index in [9.17, 15) is 9.59 Å². The molecule has 1 unspecified atom stereocenters. The topological polar surface area (TPSA) is 82.2 Å². The van der Waals surface area contributed by atoms with Crippen LogP contribution in [0.25, 0.3) is 10.9 Å². The van der Waals surface area contributed by atoms with Crippen LogP contribution >= 0.6 is 0 Å². The molecule has 2 rings (SSSR count). The molecule has 106 valence electrons. The maximum absolute atomic E-state index is 11.5. The van der Waals surface area contributed by atoms with Gasteiger partial charge in [-0.2, -0.15) is 0 Å². The number of amides is 1. The van der Waals surface area contributed by atoms with Crippen LogP contribution in [0.4, 0.5) is 0 Å². The van der Waals surface area contributed by atoms with Gasteiger partial charge in [-0.25, -0.2) is 0 Å².